The van der Waals surface area contributed by atoms with E-state index in [0.29, 0.717) is 17.8 Å². The van der Waals surface area contributed by atoms with Gasteiger partial charge in [-0.05, 0) is 37.0 Å². The normalized spacial score (nSPS) is 22.6. The van der Waals surface area contributed by atoms with Gasteiger partial charge in [-0.2, -0.15) is 4.98 Å². The highest BCUT2D eigenvalue weighted by Gasteiger charge is 2.46. The summed E-state index contributed by atoms with van der Waals surface area (Å²) >= 11 is 0. The minimum atomic E-state index is -0.695. The van der Waals surface area contributed by atoms with Crippen molar-refractivity contribution < 1.29 is 13.3 Å². The second-order valence-electron chi connectivity index (χ2n) is 7.92. The smallest absolute Gasteiger partial charge is 0.260 e. The summed E-state index contributed by atoms with van der Waals surface area (Å²) in [6, 6.07) is 14.4. The van der Waals surface area contributed by atoms with Crippen molar-refractivity contribution in [1.29, 1.82) is 0 Å². The lowest BCUT2D eigenvalue weighted by Crippen LogP contribution is -2.45. The molecule has 1 N–H and O–H groups in total. The van der Waals surface area contributed by atoms with Crippen molar-refractivity contribution in [2.45, 2.75) is 43.1 Å². The molecule has 1 heterocycles. The van der Waals surface area contributed by atoms with Gasteiger partial charge in [-0.3, -0.25) is 0 Å². The van der Waals surface area contributed by atoms with Crippen molar-refractivity contribution in [3.8, 4) is 11.5 Å². The Labute approximate surface area is 162 Å². The van der Waals surface area contributed by atoms with E-state index < -0.39 is 11.6 Å². The van der Waals surface area contributed by atoms with E-state index in [0.717, 1.165) is 38.3 Å². The number of rotatable bonds is 6. The maximum absolute atomic E-state index is 14.0. The maximum atomic E-state index is 14.0. The Balaban J connectivity index is 1.29. The average molecular weight is 381 g/mol. The quantitative estimate of drug-likeness (QED) is 0.679. The number of benzene rings is 2. The second-order valence-corrected chi connectivity index (χ2v) is 7.92. The fourth-order valence-corrected chi connectivity index (χ4v) is 4.11. The van der Waals surface area contributed by atoms with Crippen LogP contribution in [0.25, 0.3) is 11.5 Å². The molecule has 5 rings (SSSR count). The lowest BCUT2D eigenvalue weighted by Gasteiger charge is -2.39. The van der Waals surface area contributed by atoms with Gasteiger partial charge in [0.05, 0.1) is 5.56 Å². The first-order valence-corrected chi connectivity index (χ1v) is 9.73. The Bertz CT molecular complexity index is 984. The van der Waals surface area contributed by atoms with Crippen LogP contribution < -0.4 is 5.32 Å². The summed E-state index contributed by atoms with van der Waals surface area (Å²) in [4.78, 5) is 4.46. The molecule has 1 unspecified atom stereocenters. The third-order valence-electron chi connectivity index (χ3n) is 6.09. The minimum Gasteiger partial charge on any atom is -0.334 e. The van der Waals surface area contributed by atoms with E-state index in [-0.39, 0.29) is 16.9 Å². The molecule has 2 aliphatic carbocycles. The van der Waals surface area contributed by atoms with E-state index in [1.54, 1.807) is 0 Å². The minimum absolute atomic E-state index is 0.104. The first kappa shape index (κ1) is 17.5. The van der Waals surface area contributed by atoms with E-state index in [2.05, 4.69) is 39.7 Å². The number of hydrogen-bond donors (Lipinski definition) is 1. The summed E-state index contributed by atoms with van der Waals surface area (Å²) in [7, 11) is 0. The number of hydrogen-bond acceptors (Lipinski definition) is 4. The zero-order valence-electron chi connectivity index (χ0n) is 15.4. The molecule has 0 saturated heterocycles. The van der Waals surface area contributed by atoms with Crippen LogP contribution in [0.2, 0.25) is 0 Å². The van der Waals surface area contributed by atoms with Gasteiger partial charge >= 0.3 is 0 Å². The van der Waals surface area contributed by atoms with Gasteiger partial charge in [-0.15, -0.1) is 0 Å². The Morgan fingerprint density at radius 1 is 1.11 bits per heavy atom. The van der Waals surface area contributed by atoms with Crippen molar-refractivity contribution in [3.05, 3.63) is 71.6 Å². The number of nitrogens with zero attached hydrogens (tertiary/aromatic N) is 2. The van der Waals surface area contributed by atoms with Gasteiger partial charge in [0.15, 0.2) is 5.82 Å². The van der Waals surface area contributed by atoms with E-state index in [1.807, 2.05) is 6.07 Å². The molecule has 6 heteroatoms. The standard InChI is InChI=1S/C22H21F2N3O/c23-15-7-8-16(18(24)11-15)20-26-21(27-28-20)22(9-4-10-22)13-25-19-12-17(19)14-5-2-1-3-6-14/h1-3,5-8,11,17,19,25H,4,9-10,12-13H2/t17?,19-/m0/s1. The van der Waals surface area contributed by atoms with Crippen LogP contribution >= 0.6 is 0 Å². The van der Waals surface area contributed by atoms with Gasteiger partial charge in [0.1, 0.15) is 11.6 Å². The molecule has 2 atom stereocenters. The van der Waals surface area contributed by atoms with Crippen molar-refractivity contribution in [2.75, 3.05) is 6.54 Å². The van der Waals surface area contributed by atoms with E-state index in [4.69, 9.17) is 4.52 Å². The molecule has 2 aliphatic rings. The fourth-order valence-electron chi connectivity index (χ4n) is 4.11. The zero-order valence-corrected chi connectivity index (χ0v) is 15.4. The molecule has 144 valence electrons. The molecule has 0 amide bonds. The van der Waals surface area contributed by atoms with Gasteiger partial charge < -0.3 is 9.84 Å². The van der Waals surface area contributed by atoms with Crippen LogP contribution in [-0.2, 0) is 5.41 Å². The topological polar surface area (TPSA) is 51.0 Å². The van der Waals surface area contributed by atoms with Crippen LogP contribution in [-0.4, -0.2) is 22.7 Å². The highest BCUT2D eigenvalue weighted by atomic mass is 19.1. The Hall–Kier alpha value is -2.60. The molecule has 3 aromatic rings. The lowest BCUT2D eigenvalue weighted by atomic mass is 9.68. The predicted molar refractivity (Wildman–Crippen MR) is 101 cm³/mol. The molecule has 2 aromatic carbocycles. The van der Waals surface area contributed by atoms with E-state index >= 15 is 0 Å². The van der Waals surface area contributed by atoms with E-state index in [1.165, 1.54) is 17.7 Å². The summed E-state index contributed by atoms with van der Waals surface area (Å²) in [6.45, 7) is 0.784. The van der Waals surface area contributed by atoms with Gasteiger partial charge in [0.2, 0.25) is 0 Å². The van der Waals surface area contributed by atoms with Gasteiger partial charge in [0, 0.05) is 30.0 Å². The first-order valence-electron chi connectivity index (χ1n) is 9.73. The third-order valence-corrected chi connectivity index (χ3v) is 6.09. The molecule has 2 saturated carbocycles. The van der Waals surface area contributed by atoms with Crippen LogP contribution in [0.3, 0.4) is 0 Å². The molecule has 0 spiro atoms. The van der Waals surface area contributed by atoms with Crippen LogP contribution in [0.15, 0.2) is 53.1 Å². The van der Waals surface area contributed by atoms with Crippen molar-refractivity contribution in [2.24, 2.45) is 0 Å². The molecule has 0 radical (unpaired) electrons. The highest BCUT2D eigenvalue weighted by Crippen LogP contribution is 2.45. The second kappa shape index (κ2) is 6.78. The summed E-state index contributed by atoms with van der Waals surface area (Å²) < 4.78 is 32.5. The highest BCUT2D eigenvalue weighted by molar-refractivity contribution is 5.53. The maximum Gasteiger partial charge on any atom is 0.260 e. The molecular weight excluding hydrogens is 360 g/mol. The number of nitrogens with one attached hydrogen (secondary N) is 1. The van der Waals surface area contributed by atoms with E-state index in [9.17, 15) is 8.78 Å². The van der Waals surface area contributed by atoms with Crippen LogP contribution in [0, 0.1) is 11.6 Å². The number of halogens is 2. The zero-order chi connectivity index (χ0) is 19.1. The van der Waals surface area contributed by atoms with Gasteiger partial charge in [-0.25, -0.2) is 8.78 Å². The molecular formula is C22H21F2N3O. The molecule has 1 aromatic heterocycles. The summed E-state index contributed by atoms with van der Waals surface area (Å²) in [5, 5.41) is 7.81. The van der Waals surface area contributed by atoms with Gasteiger partial charge in [0.25, 0.3) is 5.89 Å². The Morgan fingerprint density at radius 3 is 2.64 bits per heavy atom. The average Bonchev–Trinajstić information content (AvgIpc) is 3.29. The lowest BCUT2D eigenvalue weighted by molar-refractivity contribution is 0.211. The summed E-state index contributed by atoms with van der Waals surface area (Å²) in [5.74, 6) is -0.0422. The number of aromatic nitrogens is 2. The monoisotopic (exact) mass is 381 g/mol. The van der Waals surface area contributed by atoms with Crippen molar-refractivity contribution in [1.82, 2.24) is 15.5 Å². The predicted octanol–water partition coefficient (Wildman–Crippen LogP) is 4.58. The van der Waals surface area contributed by atoms with Crippen LogP contribution in [0.1, 0.15) is 43.0 Å². The summed E-state index contributed by atoms with van der Waals surface area (Å²) in [5.41, 5.74) is 1.34. The fraction of sp³-hybridized carbons (Fsp3) is 0.364. The third kappa shape index (κ3) is 3.11. The van der Waals surface area contributed by atoms with Crippen LogP contribution in [0.4, 0.5) is 8.78 Å². The molecule has 0 aliphatic heterocycles. The largest absolute Gasteiger partial charge is 0.334 e. The Kier molecular flexibility index (Phi) is 4.23. The Morgan fingerprint density at radius 2 is 1.93 bits per heavy atom. The van der Waals surface area contributed by atoms with Crippen molar-refractivity contribution in [3.63, 3.8) is 0 Å². The van der Waals surface area contributed by atoms with Crippen molar-refractivity contribution >= 4 is 0 Å². The first-order chi connectivity index (χ1) is 13.6. The molecule has 28 heavy (non-hydrogen) atoms. The SMILES string of the molecule is Fc1ccc(-c2nc(C3(CN[C@H]4CC4c4ccccc4)CCC3)no2)c(F)c1. The molecule has 2 fully saturated rings. The van der Waals surface area contributed by atoms with Gasteiger partial charge in [-0.1, -0.05) is 41.9 Å². The summed E-state index contributed by atoms with van der Waals surface area (Å²) in [6.07, 6.45) is 4.21. The molecule has 4 nitrogen and oxygen atoms in total. The van der Waals surface area contributed by atoms with Crippen LogP contribution in [0.5, 0.6) is 0 Å². The molecule has 0 bridgehead atoms.